The Kier molecular flexibility index (Phi) is 4.59. The Morgan fingerprint density at radius 1 is 1.47 bits per heavy atom. The number of imidazole rings is 1. The van der Waals surface area contributed by atoms with Gasteiger partial charge >= 0.3 is 0 Å². The maximum Gasteiger partial charge on any atom is 0.281 e. The predicted octanol–water partition coefficient (Wildman–Crippen LogP) is 1.75. The van der Waals surface area contributed by atoms with Gasteiger partial charge < -0.3 is 4.57 Å². The van der Waals surface area contributed by atoms with Crippen LogP contribution in [-0.2, 0) is 21.4 Å². The van der Waals surface area contributed by atoms with Crippen LogP contribution in [0.2, 0.25) is 0 Å². The number of rotatable bonds is 6. The number of hydrogen-bond donors (Lipinski definition) is 1. The molecule has 1 fully saturated rings. The largest absolute Gasteiger partial charge is 0.334 e. The van der Waals surface area contributed by atoms with Crippen molar-refractivity contribution in [1.82, 2.24) is 14.4 Å². The molecule has 0 spiro atoms. The van der Waals surface area contributed by atoms with E-state index < -0.39 is 10.0 Å². The highest BCUT2D eigenvalue weighted by Gasteiger charge is 2.23. The Morgan fingerprint density at radius 3 is 2.79 bits per heavy atom. The zero-order valence-corrected chi connectivity index (χ0v) is 12.2. The molecule has 0 unspecified atom stereocenters. The van der Waals surface area contributed by atoms with Crippen LogP contribution in [0, 0.1) is 6.92 Å². The fraction of sp³-hybridized carbons (Fsp3) is 0.750. The molecule has 0 aliphatic heterocycles. The SMILES string of the molecule is CCCn1cc(S(=O)(=O)NOC2CCCC2)nc1C. The minimum Gasteiger partial charge on any atom is -0.334 e. The summed E-state index contributed by atoms with van der Waals surface area (Å²) >= 11 is 0. The van der Waals surface area contributed by atoms with Crippen molar-refractivity contribution in [1.29, 1.82) is 0 Å². The van der Waals surface area contributed by atoms with Crippen molar-refractivity contribution in [3.8, 4) is 0 Å². The van der Waals surface area contributed by atoms with Gasteiger partial charge in [0.25, 0.3) is 10.0 Å². The van der Waals surface area contributed by atoms with Gasteiger partial charge in [0.1, 0.15) is 5.82 Å². The summed E-state index contributed by atoms with van der Waals surface area (Å²) in [5, 5.41) is 0.0245. The first-order chi connectivity index (χ1) is 9.03. The topological polar surface area (TPSA) is 73.2 Å². The minimum absolute atomic E-state index is 0.00593. The zero-order chi connectivity index (χ0) is 13.9. The summed E-state index contributed by atoms with van der Waals surface area (Å²) in [4.78, 5) is 11.5. The second-order valence-corrected chi connectivity index (χ2v) is 6.52. The van der Waals surface area contributed by atoms with Gasteiger partial charge in [0, 0.05) is 12.7 Å². The molecular formula is C12H21N3O3S. The van der Waals surface area contributed by atoms with Gasteiger partial charge in [-0.15, -0.1) is 0 Å². The summed E-state index contributed by atoms with van der Waals surface area (Å²) in [5.74, 6) is 0.697. The number of aromatic nitrogens is 2. The monoisotopic (exact) mass is 287 g/mol. The lowest BCUT2D eigenvalue weighted by Gasteiger charge is -2.10. The first-order valence-electron chi connectivity index (χ1n) is 6.74. The normalized spacial score (nSPS) is 17.2. The van der Waals surface area contributed by atoms with Gasteiger partial charge in [-0.25, -0.2) is 13.4 Å². The molecule has 6 nitrogen and oxygen atoms in total. The lowest BCUT2D eigenvalue weighted by atomic mass is 10.3. The molecule has 19 heavy (non-hydrogen) atoms. The third-order valence-electron chi connectivity index (χ3n) is 3.32. The molecular weight excluding hydrogens is 266 g/mol. The quantitative estimate of drug-likeness (QED) is 0.809. The molecule has 0 atom stereocenters. The lowest BCUT2D eigenvalue weighted by molar-refractivity contribution is 0.0222. The van der Waals surface area contributed by atoms with Crippen LogP contribution in [0.1, 0.15) is 44.9 Å². The third kappa shape index (κ3) is 3.55. The van der Waals surface area contributed by atoms with Crippen molar-refractivity contribution < 1.29 is 13.3 Å². The highest BCUT2D eigenvalue weighted by molar-refractivity contribution is 7.89. The predicted molar refractivity (Wildman–Crippen MR) is 70.9 cm³/mol. The van der Waals surface area contributed by atoms with E-state index in [1.54, 1.807) is 13.1 Å². The van der Waals surface area contributed by atoms with E-state index in [0.29, 0.717) is 5.82 Å². The molecule has 0 amide bonds. The smallest absolute Gasteiger partial charge is 0.281 e. The number of nitrogens with zero attached hydrogens (tertiary/aromatic N) is 2. The Labute approximate surface area is 114 Å². The summed E-state index contributed by atoms with van der Waals surface area (Å²) < 4.78 is 25.9. The fourth-order valence-corrected chi connectivity index (χ4v) is 3.12. The van der Waals surface area contributed by atoms with Gasteiger partial charge in [-0.1, -0.05) is 24.7 Å². The van der Waals surface area contributed by atoms with Gasteiger partial charge in [0.2, 0.25) is 0 Å². The molecule has 1 N–H and O–H groups in total. The van der Waals surface area contributed by atoms with Crippen molar-refractivity contribution in [2.24, 2.45) is 0 Å². The molecule has 0 aromatic carbocycles. The first-order valence-corrected chi connectivity index (χ1v) is 8.22. The van der Waals surface area contributed by atoms with Crippen LogP contribution < -0.4 is 4.89 Å². The number of sulfonamides is 1. The number of hydrogen-bond acceptors (Lipinski definition) is 4. The maximum atomic E-state index is 12.0. The van der Waals surface area contributed by atoms with Crippen LogP contribution >= 0.6 is 0 Å². The van der Waals surface area contributed by atoms with Crippen LogP contribution in [0.5, 0.6) is 0 Å². The van der Waals surface area contributed by atoms with E-state index in [0.717, 1.165) is 38.6 Å². The maximum absolute atomic E-state index is 12.0. The summed E-state index contributed by atoms with van der Waals surface area (Å²) in [5.41, 5.74) is 0. The van der Waals surface area contributed by atoms with Crippen molar-refractivity contribution in [2.45, 2.75) is 63.6 Å². The standard InChI is InChI=1S/C12H21N3O3S/c1-3-8-15-9-12(13-10(15)2)19(16,17)14-18-11-6-4-5-7-11/h9,11,14H,3-8H2,1-2H3. The fourth-order valence-electron chi connectivity index (χ4n) is 2.26. The van der Waals surface area contributed by atoms with Crippen LogP contribution in [0.4, 0.5) is 0 Å². The van der Waals surface area contributed by atoms with Crippen molar-refractivity contribution in [3.63, 3.8) is 0 Å². The molecule has 1 saturated carbocycles. The molecule has 108 valence electrons. The number of nitrogens with one attached hydrogen (secondary N) is 1. The summed E-state index contributed by atoms with van der Waals surface area (Å²) in [7, 11) is -3.67. The van der Waals surface area contributed by atoms with Crippen LogP contribution in [0.15, 0.2) is 11.2 Å². The minimum atomic E-state index is -3.67. The Morgan fingerprint density at radius 2 is 2.16 bits per heavy atom. The highest BCUT2D eigenvalue weighted by atomic mass is 32.2. The molecule has 1 aromatic heterocycles. The molecule has 1 aliphatic rings. The second-order valence-electron chi connectivity index (χ2n) is 4.93. The van der Waals surface area contributed by atoms with Gasteiger partial charge in [0.15, 0.2) is 5.03 Å². The van der Waals surface area contributed by atoms with Crippen LogP contribution in [-0.4, -0.2) is 24.1 Å². The molecule has 1 aromatic rings. The zero-order valence-electron chi connectivity index (χ0n) is 11.4. The summed E-state index contributed by atoms with van der Waals surface area (Å²) in [6, 6.07) is 0. The third-order valence-corrected chi connectivity index (χ3v) is 4.38. The van der Waals surface area contributed by atoms with E-state index in [1.807, 2.05) is 11.5 Å². The van der Waals surface area contributed by atoms with Crippen LogP contribution in [0.25, 0.3) is 0 Å². The van der Waals surface area contributed by atoms with E-state index in [1.165, 1.54) is 0 Å². The van der Waals surface area contributed by atoms with E-state index in [2.05, 4.69) is 9.87 Å². The molecule has 0 bridgehead atoms. The van der Waals surface area contributed by atoms with E-state index >= 15 is 0 Å². The van der Waals surface area contributed by atoms with Crippen molar-refractivity contribution >= 4 is 10.0 Å². The first kappa shape index (κ1) is 14.5. The average molecular weight is 287 g/mol. The molecule has 7 heteroatoms. The Balaban J connectivity index is 2.03. The second kappa shape index (κ2) is 6.02. The van der Waals surface area contributed by atoms with E-state index in [4.69, 9.17) is 4.84 Å². The summed E-state index contributed by atoms with van der Waals surface area (Å²) in [6.07, 6.45) is 6.49. The van der Waals surface area contributed by atoms with E-state index in [-0.39, 0.29) is 11.1 Å². The lowest BCUT2D eigenvalue weighted by Crippen LogP contribution is -2.28. The van der Waals surface area contributed by atoms with Crippen LogP contribution in [0.3, 0.4) is 0 Å². The molecule has 0 radical (unpaired) electrons. The van der Waals surface area contributed by atoms with Gasteiger partial charge in [-0.05, 0) is 26.2 Å². The Bertz CT molecular complexity index is 518. The Hall–Kier alpha value is -0.920. The van der Waals surface area contributed by atoms with Crippen molar-refractivity contribution in [2.75, 3.05) is 0 Å². The molecule has 0 saturated heterocycles. The molecule has 2 rings (SSSR count). The molecule has 1 aliphatic carbocycles. The average Bonchev–Trinajstić information content (AvgIpc) is 2.98. The number of aryl methyl sites for hydroxylation is 2. The van der Waals surface area contributed by atoms with Gasteiger partial charge in [-0.3, -0.25) is 4.84 Å². The van der Waals surface area contributed by atoms with Gasteiger partial charge in [-0.2, -0.15) is 0 Å². The molecule has 1 heterocycles. The van der Waals surface area contributed by atoms with Gasteiger partial charge in [0.05, 0.1) is 6.10 Å². The van der Waals surface area contributed by atoms with Crippen molar-refractivity contribution in [3.05, 3.63) is 12.0 Å². The van der Waals surface area contributed by atoms with E-state index in [9.17, 15) is 8.42 Å². The summed E-state index contributed by atoms with van der Waals surface area (Å²) in [6.45, 7) is 4.60. The highest BCUT2D eigenvalue weighted by Crippen LogP contribution is 2.20.